The molecule has 2 rings (SSSR count). The van der Waals surface area contributed by atoms with Gasteiger partial charge in [-0.3, -0.25) is 9.52 Å². The van der Waals surface area contributed by atoms with E-state index in [-0.39, 0.29) is 18.4 Å². The minimum Gasteiger partial charge on any atom is -0.349 e. The zero-order chi connectivity index (χ0) is 17.7. The minimum atomic E-state index is -3.38. The molecule has 0 fully saturated rings. The van der Waals surface area contributed by atoms with Gasteiger partial charge in [0.2, 0.25) is 15.9 Å². The van der Waals surface area contributed by atoms with Crippen molar-refractivity contribution in [2.75, 3.05) is 11.0 Å². The van der Waals surface area contributed by atoms with E-state index < -0.39 is 10.0 Å². The number of amides is 1. The first-order chi connectivity index (χ1) is 11.2. The van der Waals surface area contributed by atoms with Crippen LogP contribution in [-0.2, 0) is 21.2 Å². The van der Waals surface area contributed by atoms with E-state index in [1.807, 2.05) is 44.2 Å². The van der Waals surface area contributed by atoms with Crippen molar-refractivity contribution in [3.8, 4) is 0 Å². The van der Waals surface area contributed by atoms with Gasteiger partial charge in [-0.25, -0.2) is 8.42 Å². The van der Waals surface area contributed by atoms with Crippen LogP contribution in [0.2, 0.25) is 0 Å². The van der Waals surface area contributed by atoms with Gasteiger partial charge in [-0.2, -0.15) is 0 Å². The largest absolute Gasteiger partial charge is 0.349 e. The third-order valence-corrected chi connectivity index (χ3v) is 4.18. The van der Waals surface area contributed by atoms with Gasteiger partial charge < -0.3 is 5.32 Å². The molecule has 2 aromatic rings. The molecule has 0 aliphatic carbocycles. The molecule has 0 spiro atoms. The highest BCUT2D eigenvalue weighted by Gasteiger charge is 2.15. The number of rotatable bonds is 6. The van der Waals surface area contributed by atoms with Crippen LogP contribution < -0.4 is 10.0 Å². The van der Waals surface area contributed by atoms with Crippen molar-refractivity contribution in [3.05, 3.63) is 65.2 Å². The number of aryl methyl sites for hydroxylation is 1. The second kappa shape index (κ2) is 7.49. The molecule has 0 aliphatic rings. The van der Waals surface area contributed by atoms with E-state index in [0.29, 0.717) is 5.69 Å². The highest BCUT2D eigenvalue weighted by Crippen LogP contribution is 2.23. The highest BCUT2D eigenvalue weighted by atomic mass is 32.2. The maximum atomic E-state index is 12.2. The van der Waals surface area contributed by atoms with E-state index in [1.54, 1.807) is 18.2 Å². The molecule has 0 radical (unpaired) electrons. The summed E-state index contributed by atoms with van der Waals surface area (Å²) in [6.45, 7) is 3.83. The molecule has 24 heavy (non-hydrogen) atoms. The van der Waals surface area contributed by atoms with Crippen LogP contribution in [0.25, 0.3) is 0 Å². The summed E-state index contributed by atoms with van der Waals surface area (Å²) in [5, 5.41) is 2.91. The molecule has 2 aromatic carbocycles. The van der Waals surface area contributed by atoms with Crippen molar-refractivity contribution in [3.63, 3.8) is 0 Å². The van der Waals surface area contributed by atoms with E-state index in [4.69, 9.17) is 0 Å². The topological polar surface area (TPSA) is 75.3 Å². The van der Waals surface area contributed by atoms with Crippen LogP contribution in [0.5, 0.6) is 0 Å². The lowest BCUT2D eigenvalue weighted by atomic mass is 10.1. The summed E-state index contributed by atoms with van der Waals surface area (Å²) in [6, 6.07) is 14.5. The first kappa shape index (κ1) is 18.0. The fourth-order valence-electron chi connectivity index (χ4n) is 2.43. The fourth-order valence-corrected chi connectivity index (χ4v) is 3.01. The van der Waals surface area contributed by atoms with Crippen molar-refractivity contribution in [2.45, 2.75) is 26.3 Å². The number of carbonyl (C=O) groups is 1. The average Bonchev–Trinajstić information content (AvgIpc) is 2.48. The van der Waals surface area contributed by atoms with Gasteiger partial charge in [-0.1, -0.05) is 48.0 Å². The Bertz CT molecular complexity index is 814. The third kappa shape index (κ3) is 5.38. The van der Waals surface area contributed by atoms with Crippen LogP contribution in [0.1, 0.15) is 29.7 Å². The standard InChI is InChI=1S/C18H22N2O3S/c1-13-8-10-15(11-9-13)12-18(21)19-14(2)16-6-4-5-7-17(16)20-24(3,22)23/h4-11,14,20H,12H2,1-3H3,(H,19,21)/t14-/m1/s1. The summed E-state index contributed by atoms with van der Waals surface area (Å²) >= 11 is 0. The lowest BCUT2D eigenvalue weighted by molar-refractivity contribution is -0.121. The van der Waals surface area contributed by atoms with Crippen LogP contribution in [-0.4, -0.2) is 20.6 Å². The maximum absolute atomic E-state index is 12.2. The molecule has 0 unspecified atom stereocenters. The van der Waals surface area contributed by atoms with Gasteiger partial charge in [0.15, 0.2) is 0 Å². The summed E-state index contributed by atoms with van der Waals surface area (Å²) in [5.74, 6) is -0.111. The fraction of sp³-hybridized carbons (Fsp3) is 0.278. The van der Waals surface area contributed by atoms with Gasteiger partial charge in [-0.15, -0.1) is 0 Å². The molecule has 0 saturated heterocycles. The average molecular weight is 346 g/mol. The van der Waals surface area contributed by atoms with Gasteiger partial charge in [0.05, 0.1) is 24.4 Å². The Hall–Kier alpha value is -2.34. The second-order valence-corrected chi connectivity index (χ2v) is 7.66. The summed E-state index contributed by atoms with van der Waals surface area (Å²) in [4.78, 5) is 12.2. The molecular weight excluding hydrogens is 324 g/mol. The minimum absolute atomic E-state index is 0.111. The number of carbonyl (C=O) groups excluding carboxylic acids is 1. The Balaban J connectivity index is 2.08. The molecule has 1 atom stereocenters. The van der Waals surface area contributed by atoms with E-state index in [1.165, 1.54) is 0 Å². The number of hydrogen-bond acceptors (Lipinski definition) is 3. The van der Waals surface area contributed by atoms with Crippen LogP contribution in [0, 0.1) is 6.92 Å². The highest BCUT2D eigenvalue weighted by molar-refractivity contribution is 7.92. The SMILES string of the molecule is Cc1ccc(CC(=O)N[C@H](C)c2ccccc2NS(C)(=O)=O)cc1. The van der Waals surface area contributed by atoms with Gasteiger partial charge in [0.25, 0.3) is 0 Å². The zero-order valence-electron chi connectivity index (χ0n) is 14.0. The van der Waals surface area contributed by atoms with Gasteiger partial charge in [0.1, 0.15) is 0 Å². The van der Waals surface area contributed by atoms with Crippen molar-refractivity contribution in [1.29, 1.82) is 0 Å². The molecule has 0 aliphatic heterocycles. The Kier molecular flexibility index (Phi) is 5.62. The number of para-hydroxylation sites is 1. The Morgan fingerprint density at radius 1 is 1.08 bits per heavy atom. The Morgan fingerprint density at radius 2 is 1.71 bits per heavy atom. The summed E-state index contributed by atoms with van der Waals surface area (Å²) in [6.07, 6.45) is 1.39. The molecular formula is C18H22N2O3S. The smallest absolute Gasteiger partial charge is 0.229 e. The number of nitrogens with one attached hydrogen (secondary N) is 2. The first-order valence-corrected chi connectivity index (χ1v) is 9.55. The lowest BCUT2D eigenvalue weighted by Gasteiger charge is -2.18. The van der Waals surface area contributed by atoms with Crippen molar-refractivity contribution < 1.29 is 13.2 Å². The number of hydrogen-bond donors (Lipinski definition) is 2. The van der Waals surface area contributed by atoms with Crippen molar-refractivity contribution >= 4 is 21.6 Å². The maximum Gasteiger partial charge on any atom is 0.229 e. The quantitative estimate of drug-likeness (QED) is 0.844. The molecule has 0 saturated carbocycles. The summed E-state index contributed by atoms with van der Waals surface area (Å²) in [5.41, 5.74) is 3.28. The van der Waals surface area contributed by atoms with Gasteiger partial charge in [0, 0.05) is 0 Å². The predicted molar refractivity (Wildman–Crippen MR) is 96.3 cm³/mol. The van der Waals surface area contributed by atoms with Crippen LogP contribution in [0.15, 0.2) is 48.5 Å². The van der Waals surface area contributed by atoms with Crippen LogP contribution in [0.3, 0.4) is 0 Å². The lowest BCUT2D eigenvalue weighted by Crippen LogP contribution is -2.28. The molecule has 6 heteroatoms. The van der Waals surface area contributed by atoms with Gasteiger partial charge in [-0.05, 0) is 31.0 Å². The van der Waals surface area contributed by atoms with Crippen molar-refractivity contribution in [2.24, 2.45) is 0 Å². The number of sulfonamides is 1. The van der Waals surface area contributed by atoms with E-state index in [2.05, 4.69) is 10.0 Å². The number of benzene rings is 2. The molecule has 0 heterocycles. The normalized spacial score (nSPS) is 12.5. The van der Waals surface area contributed by atoms with Crippen molar-refractivity contribution in [1.82, 2.24) is 5.32 Å². The summed E-state index contributed by atoms with van der Waals surface area (Å²) in [7, 11) is -3.38. The third-order valence-electron chi connectivity index (χ3n) is 3.59. The van der Waals surface area contributed by atoms with Crippen LogP contribution in [0.4, 0.5) is 5.69 Å². The second-order valence-electron chi connectivity index (χ2n) is 5.91. The molecule has 2 N–H and O–H groups in total. The van der Waals surface area contributed by atoms with E-state index in [0.717, 1.165) is 22.9 Å². The molecule has 5 nitrogen and oxygen atoms in total. The van der Waals surface area contributed by atoms with Gasteiger partial charge >= 0.3 is 0 Å². The molecule has 1 amide bonds. The number of anilines is 1. The molecule has 128 valence electrons. The first-order valence-electron chi connectivity index (χ1n) is 7.66. The Morgan fingerprint density at radius 3 is 2.33 bits per heavy atom. The predicted octanol–water partition coefficient (Wildman–Crippen LogP) is 2.79. The van der Waals surface area contributed by atoms with Crippen LogP contribution >= 0.6 is 0 Å². The van der Waals surface area contributed by atoms with E-state index >= 15 is 0 Å². The monoisotopic (exact) mass is 346 g/mol. The Labute approximate surface area is 143 Å². The molecule has 0 bridgehead atoms. The van der Waals surface area contributed by atoms with E-state index in [9.17, 15) is 13.2 Å². The zero-order valence-corrected chi connectivity index (χ0v) is 14.9. The summed E-state index contributed by atoms with van der Waals surface area (Å²) < 4.78 is 25.4. The molecule has 0 aromatic heterocycles.